The van der Waals surface area contributed by atoms with Crippen molar-refractivity contribution in [2.75, 3.05) is 13.2 Å². The minimum absolute atomic E-state index is 0.234. The lowest BCUT2D eigenvalue weighted by Gasteiger charge is -2.06. The Hall–Kier alpha value is -2.15. The molecule has 0 saturated heterocycles. The van der Waals surface area contributed by atoms with E-state index in [9.17, 15) is 9.59 Å². The van der Waals surface area contributed by atoms with Crippen LogP contribution in [0.1, 0.15) is 35.1 Å². The summed E-state index contributed by atoms with van der Waals surface area (Å²) in [6.45, 7) is 4.44. The zero-order chi connectivity index (χ0) is 16.4. The number of pyridine rings is 1. The Morgan fingerprint density at radius 2 is 2.26 bits per heavy atom. The van der Waals surface area contributed by atoms with Gasteiger partial charge in [-0.3, -0.25) is 9.36 Å². The van der Waals surface area contributed by atoms with Crippen LogP contribution < -0.4 is 10.3 Å². The average molecular weight is 334 g/mol. The van der Waals surface area contributed by atoms with Crippen molar-refractivity contribution >= 4 is 17.3 Å². The van der Waals surface area contributed by atoms with Gasteiger partial charge in [0.25, 0.3) is 5.56 Å². The van der Waals surface area contributed by atoms with E-state index in [1.54, 1.807) is 26.1 Å². The Morgan fingerprint density at radius 1 is 1.48 bits per heavy atom. The van der Waals surface area contributed by atoms with Crippen LogP contribution in [0.25, 0.3) is 5.13 Å². The zero-order valence-corrected chi connectivity index (χ0v) is 13.9. The second-order valence-corrected chi connectivity index (χ2v) is 6.43. The monoisotopic (exact) mass is 334 g/mol. The highest BCUT2D eigenvalue weighted by molar-refractivity contribution is 7.16. The quantitative estimate of drug-likeness (QED) is 0.759. The van der Waals surface area contributed by atoms with E-state index in [1.807, 2.05) is 0 Å². The van der Waals surface area contributed by atoms with Gasteiger partial charge in [-0.15, -0.1) is 0 Å². The third-order valence-corrected chi connectivity index (χ3v) is 4.66. The molecule has 1 aliphatic rings. The molecule has 0 N–H and O–H groups in total. The topological polar surface area (TPSA) is 70.4 Å². The van der Waals surface area contributed by atoms with Gasteiger partial charge in [-0.25, -0.2) is 9.78 Å². The third-order valence-electron chi connectivity index (χ3n) is 3.53. The Morgan fingerprint density at radius 3 is 2.91 bits per heavy atom. The van der Waals surface area contributed by atoms with E-state index < -0.39 is 5.97 Å². The van der Waals surface area contributed by atoms with Gasteiger partial charge in [-0.1, -0.05) is 11.3 Å². The summed E-state index contributed by atoms with van der Waals surface area (Å²) in [4.78, 5) is 28.8. The molecule has 0 radical (unpaired) electrons. The van der Waals surface area contributed by atoms with E-state index in [0.29, 0.717) is 40.6 Å². The van der Waals surface area contributed by atoms with Crippen LogP contribution in [0, 0.1) is 12.8 Å². The summed E-state index contributed by atoms with van der Waals surface area (Å²) in [5.41, 5.74) is 0.326. The highest BCUT2D eigenvalue weighted by atomic mass is 32.1. The van der Waals surface area contributed by atoms with E-state index in [-0.39, 0.29) is 5.56 Å². The maximum Gasteiger partial charge on any atom is 0.350 e. The van der Waals surface area contributed by atoms with Gasteiger partial charge < -0.3 is 9.47 Å². The lowest BCUT2D eigenvalue weighted by Crippen LogP contribution is -2.16. The van der Waals surface area contributed by atoms with E-state index in [1.165, 1.54) is 23.5 Å². The molecule has 2 heterocycles. The van der Waals surface area contributed by atoms with Crippen LogP contribution in [-0.2, 0) is 4.74 Å². The predicted molar refractivity (Wildman–Crippen MR) is 86.6 cm³/mol. The molecule has 0 atom stereocenters. The number of hydrogen-bond acceptors (Lipinski definition) is 6. The second kappa shape index (κ2) is 6.54. The molecule has 0 aliphatic heterocycles. The number of rotatable bonds is 6. The first-order valence-corrected chi connectivity index (χ1v) is 8.40. The summed E-state index contributed by atoms with van der Waals surface area (Å²) in [7, 11) is 0. The molecule has 2 aromatic rings. The molecule has 7 heteroatoms. The number of thiazole rings is 1. The fraction of sp³-hybridized carbons (Fsp3) is 0.438. The first-order valence-electron chi connectivity index (χ1n) is 7.59. The Balaban J connectivity index is 1.82. The predicted octanol–water partition coefficient (Wildman–Crippen LogP) is 2.57. The van der Waals surface area contributed by atoms with Gasteiger partial charge in [0, 0.05) is 12.3 Å². The molecule has 23 heavy (non-hydrogen) atoms. The first-order chi connectivity index (χ1) is 11.1. The summed E-state index contributed by atoms with van der Waals surface area (Å²) in [5, 5.41) is 0.448. The van der Waals surface area contributed by atoms with E-state index in [4.69, 9.17) is 9.47 Å². The Kier molecular flexibility index (Phi) is 4.47. The van der Waals surface area contributed by atoms with E-state index in [0.717, 1.165) is 11.3 Å². The lowest BCUT2D eigenvalue weighted by atomic mass is 10.4. The number of carbonyl (C=O) groups is 1. The minimum Gasteiger partial charge on any atom is -0.493 e. The van der Waals surface area contributed by atoms with Crippen molar-refractivity contribution in [3.8, 4) is 10.9 Å². The molecule has 0 bridgehead atoms. The Bertz CT molecular complexity index is 777. The third kappa shape index (κ3) is 3.61. The van der Waals surface area contributed by atoms with Crippen molar-refractivity contribution in [3.05, 3.63) is 39.3 Å². The number of ether oxygens (including phenoxy) is 2. The van der Waals surface area contributed by atoms with Crippen LogP contribution in [0.3, 0.4) is 0 Å². The van der Waals surface area contributed by atoms with Crippen LogP contribution in [-0.4, -0.2) is 28.7 Å². The molecule has 1 fully saturated rings. The molecule has 0 amide bonds. The number of hydrogen-bond donors (Lipinski definition) is 0. The van der Waals surface area contributed by atoms with Gasteiger partial charge in [-0.2, -0.15) is 0 Å². The molecule has 3 rings (SSSR count). The van der Waals surface area contributed by atoms with E-state index in [2.05, 4.69) is 4.98 Å². The number of nitrogens with zero attached hydrogens (tertiary/aromatic N) is 2. The molecule has 1 aliphatic carbocycles. The number of carbonyl (C=O) groups excluding carboxylic acids is 1. The van der Waals surface area contributed by atoms with Crippen molar-refractivity contribution in [1.82, 2.24) is 9.55 Å². The van der Waals surface area contributed by atoms with Crippen LogP contribution in [0.4, 0.5) is 0 Å². The number of esters is 1. The van der Waals surface area contributed by atoms with Gasteiger partial charge in [0.1, 0.15) is 10.6 Å². The smallest absolute Gasteiger partial charge is 0.350 e. The SMILES string of the molecule is CCOC(=O)c1sc(-n2ccc(OCC3CC3)cc2=O)nc1C. The highest BCUT2D eigenvalue weighted by Crippen LogP contribution is 2.29. The van der Waals surface area contributed by atoms with Gasteiger partial charge >= 0.3 is 5.97 Å². The summed E-state index contributed by atoms with van der Waals surface area (Å²) >= 11 is 1.15. The molecule has 0 spiro atoms. The van der Waals surface area contributed by atoms with Gasteiger partial charge in [0.2, 0.25) is 0 Å². The van der Waals surface area contributed by atoms with Crippen molar-refractivity contribution in [3.63, 3.8) is 0 Å². The molecule has 122 valence electrons. The van der Waals surface area contributed by atoms with Crippen LogP contribution in [0.15, 0.2) is 23.1 Å². The number of aryl methyl sites for hydroxylation is 1. The van der Waals surface area contributed by atoms with Crippen molar-refractivity contribution in [2.45, 2.75) is 26.7 Å². The lowest BCUT2D eigenvalue weighted by molar-refractivity contribution is 0.0531. The van der Waals surface area contributed by atoms with Crippen molar-refractivity contribution < 1.29 is 14.3 Å². The van der Waals surface area contributed by atoms with Crippen molar-refractivity contribution in [2.24, 2.45) is 5.92 Å². The summed E-state index contributed by atoms with van der Waals surface area (Å²) in [6.07, 6.45) is 4.02. The second-order valence-electron chi connectivity index (χ2n) is 5.46. The molecule has 0 unspecified atom stereocenters. The molecule has 0 aromatic carbocycles. The number of aromatic nitrogens is 2. The maximum absolute atomic E-state index is 12.3. The zero-order valence-electron chi connectivity index (χ0n) is 13.1. The van der Waals surface area contributed by atoms with Crippen LogP contribution in [0.5, 0.6) is 5.75 Å². The van der Waals surface area contributed by atoms with Crippen LogP contribution in [0.2, 0.25) is 0 Å². The highest BCUT2D eigenvalue weighted by Gasteiger charge is 2.22. The molecule has 1 saturated carbocycles. The molecular weight excluding hydrogens is 316 g/mol. The van der Waals surface area contributed by atoms with Gasteiger partial charge in [0.05, 0.1) is 18.9 Å². The fourth-order valence-corrected chi connectivity index (χ4v) is 3.03. The molecule has 2 aromatic heterocycles. The average Bonchev–Trinajstić information content (AvgIpc) is 3.27. The maximum atomic E-state index is 12.3. The molecular formula is C16H18N2O4S. The normalized spacial score (nSPS) is 13.8. The summed E-state index contributed by atoms with van der Waals surface area (Å²) in [6, 6.07) is 3.19. The fourth-order valence-electron chi connectivity index (χ4n) is 2.08. The minimum atomic E-state index is -0.411. The summed E-state index contributed by atoms with van der Waals surface area (Å²) in [5.74, 6) is 0.786. The van der Waals surface area contributed by atoms with Gasteiger partial charge in [-0.05, 0) is 38.7 Å². The largest absolute Gasteiger partial charge is 0.493 e. The first kappa shape index (κ1) is 15.7. The van der Waals surface area contributed by atoms with Gasteiger partial charge in [0.15, 0.2) is 5.13 Å². The summed E-state index contributed by atoms with van der Waals surface area (Å²) < 4.78 is 12.0. The Labute approximate surface area is 137 Å². The molecule has 6 nitrogen and oxygen atoms in total. The van der Waals surface area contributed by atoms with Crippen LogP contribution >= 0.6 is 11.3 Å². The standard InChI is InChI=1S/C16H18N2O4S/c1-3-21-15(20)14-10(2)17-16(23-14)18-7-6-12(8-13(18)19)22-9-11-4-5-11/h6-8,11H,3-5,9H2,1-2H3. The van der Waals surface area contributed by atoms with Crippen molar-refractivity contribution in [1.29, 1.82) is 0 Å². The van der Waals surface area contributed by atoms with E-state index >= 15 is 0 Å².